The lowest BCUT2D eigenvalue weighted by atomic mass is 10.2. The highest BCUT2D eigenvalue weighted by Crippen LogP contribution is 2.18. The first-order chi connectivity index (χ1) is 8.15. The average molecular weight is 270 g/mol. The molecule has 0 aliphatic carbocycles. The fourth-order valence-corrected chi connectivity index (χ4v) is 1.76. The van der Waals surface area contributed by atoms with Crippen molar-refractivity contribution in [1.29, 1.82) is 0 Å². The van der Waals surface area contributed by atoms with E-state index in [1.54, 1.807) is 18.2 Å². The third-order valence-electron chi connectivity index (χ3n) is 2.31. The Morgan fingerprint density at radius 3 is 2.59 bits per heavy atom. The molecule has 2 aromatic rings. The van der Waals surface area contributed by atoms with Crippen molar-refractivity contribution in [3.8, 4) is 0 Å². The largest absolute Gasteiger partial charge is 0.381 e. The van der Waals surface area contributed by atoms with Crippen LogP contribution < -0.4 is 5.32 Å². The maximum absolute atomic E-state index is 13.2. The predicted molar refractivity (Wildman–Crippen MR) is 70.2 cm³/mol. The zero-order chi connectivity index (χ0) is 12.3. The van der Waals surface area contributed by atoms with Gasteiger partial charge in [0.1, 0.15) is 5.82 Å². The van der Waals surface area contributed by atoms with Gasteiger partial charge < -0.3 is 5.32 Å². The lowest BCUT2D eigenvalue weighted by Gasteiger charge is -2.07. The van der Waals surface area contributed by atoms with Crippen LogP contribution in [0.5, 0.6) is 0 Å². The summed E-state index contributed by atoms with van der Waals surface area (Å²) in [4.78, 5) is 0. The summed E-state index contributed by atoms with van der Waals surface area (Å²) in [5, 5.41) is 3.95. The van der Waals surface area contributed by atoms with Gasteiger partial charge in [-0.25, -0.2) is 4.39 Å². The van der Waals surface area contributed by atoms with Crippen molar-refractivity contribution in [3.05, 3.63) is 63.9 Å². The summed E-state index contributed by atoms with van der Waals surface area (Å²) in [6, 6.07) is 12.1. The van der Waals surface area contributed by atoms with E-state index in [0.717, 1.165) is 11.3 Å². The maximum Gasteiger partial charge on any atom is 0.142 e. The molecule has 1 N–H and O–H groups in total. The van der Waals surface area contributed by atoms with Gasteiger partial charge >= 0.3 is 0 Å². The van der Waals surface area contributed by atoms with Crippen LogP contribution in [0.4, 0.5) is 10.1 Å². The summed E-state index contributed by atoms with van der Waals surface area (Å²) >= 11 is 11.5. The molecule has 2 aromatic carbocycles. The minimum absolute atomic E-state index is 0.136. The molecule has 88 valence electrons. The van der Waals surface area contributed by atoms with Gasteiger partial charge in [0.25, 0.3) is 0 Å². The van der Waals surface area contributed by atoms with Crippen LogP contribution in [-0.4, -0.2) is 0 Å². The maximum atomic E-state index is 13.2. The Balaban J connectivity index is 2.05. The van der Waals surface area contributed by atoms with Crippen LogP contribution in [0.3, 0.4) is 0 Å². The van der Waals surface area contributed by atoms with Gasteiger partial charge in [-0.15, -0.1) is 0 Å². The fraction of sp³-hybridized carbons (Fsp3) is 0.0769. The fourth-order valence-electron chi connectivity index (χ4n) is 1.45. The molecule has 0 unspecified atom stereocenters. The summed E-state index contributed by atoms with van der Waals surface area (Å²) in [5.41, 5.74) is 1.72. The van der Waals surface area contributed by atoms with Gasteiger partial charge in [-0.2, -0.15) is 0 Å². The van der Waals surface area contributed by atoms with Crippen molar-refractivity contribution < 1.29 is 4.39 Å². The second kappa shape index (κ2) is 5.39. The van der Waals surface area contributed by atoms with E-state index in [1.165, 1.54) is 6.07 Å². The van der Waals surface area contributed by atoms with Crippen molar-refractivity contribution in [1.82, 2.24) is 0 Å². The van der Waals surface area contributed by atoms with Crippen molar-refractivity contribution in [2.45, 2.75) is 6.54 Å². The molecular formula is C13H10Cl2FN. The normalized spacial score (nSPS) is 10.3. The Morgan fingerprint density at radius 2 is 1.88 bits per heavy atom. The van der Waals surface area contributed by atoms with Gasteiger partial charge in [-0.3, -0.25) is 0 Å². The Kier molecular flexibility index (Phi) is 3.87. The topological polar surface area (TPSA) is 12.0 Å². The first-order valence-corrected chi connectivity index (χ1v) is 5.84. The molecule has 0 bridgehead atoms. The molecule has 0 fully saturated rings. The Labute approximate surface area is 109 Å². The van der Waals surface area contributed by atoms with Crippen LogP contribution in [-0.2, 0) is 6.54 Å². The molecule has 0 radical (unpaired) electrons. The Morgan fingerprint density at radius 1 is 1.06 bits per heavy atom. The highest BCUT2D eigenvalue weighted by atomic mass is 35.5. The van der Waals surface area contributed by atoms with E-state index >= 15 is 0 Å². The second-order valence-electron chi connectivity index (χ2n) is 3.61. The second-order valence-corrected chi connectivity index (χ2v) is 4.46. The van der Waals surface area contributed by atoms with Crippen molar-refractivity contribution in [2.75, 3.05) is 5.32 Å². The number of halogens is 3. The van der Waals surface area contributed by atoms with Crippen LogP contribution in [0, 0.1) is 5.82 Å². The van der Waals surface area contributed by atoms with Gasteiger partial charge in [-0.05, 0) is 35.9 Å². The molecule has 0 aliphatic heterocycles. The molecule has 0 spiro atoms. The van der Waals surface area contributed by atoms with E-state index in [9.17, 15) is 4.39 Å². The third kappa shape index (κ3) is 3.35. The SMILES string of the molecule is Fc1cc(CNc2cccc(Cl)c2)ccc1Cl. The molecule has 17 heavy (non-hydrogen) atoms. The molecule has 0 heterocycles. The minimum Gasteiger partial charge on any atom is -0.381 e. The molecule has 0 aliphatic rings. The van der Waals surface area contributed by atoms with E-state index in [2.05, 4.69) is 5.32 Å². The lowest BCUT2D eigenvalue weighted by Crippen LogP contribution is -1.99. The Bertz CT molecular complexity index is 529. The average Bonchev–Trinajstić information content (AvgIpc) is 2.31. The minimum atomic E-state index is -0.405. The summed E-state index contributed by atoms with van der Waals surface area (Å²) in [6.45, 7) is 0.522. The number of anilines is 1. The molecule has 0 atom stereocenters. The van der Waals surface area contributed by atoms with Gasteiger partial charge in [0.05, 0.1) is 5.02 Å². The highest BCUT2D eigenvalue weighted by molar-refractivity contribution is 6.31. The first-order valence-electron chi connectivity index (χ1n) is 5.08. The van der Waals surface area contributed by atoms with Crippen molar-refractivity contribution >= 4 is 28.9 Å². The molecule has 0 aromatic heterocycles. The third-order valence-corrected chi connectivity index (χ3v) is 2.85. The molecule has 0 amide bonds. The van der Waals surface area contributed by atoms with E-state index in [-0.39, 0.29) is 5.02 Å². The predicted octanol–water partition coefficient (Wildman–Crippen LogP) is 4.74. The van der Waals surface area contributed by atoms with Crippen LogP contribution in [0.25, 0.3) is 0 Å². The highest BCUT2D eigenvalue weighted by Gasteiger charge is 2.01. The molecule has 0 saturated carbocycles. The molecule has 2 rings (SSSR count). The van der Waals surface area contributed by atoms with Gasteiger partial charge in [-0.1, -0.05) is 35.3 Å². The quantitative estimate of drug-likeness (QED) is 0.849. The van der Waals surface area contributed by atoms with E-state index < -0.39 is 5.82 Å². The molecular weight excluding hydrogens is 260 g/mol. The number of nitrogens with one attached hydrogen (secondary N) is 1. The monoisotopic (exact) mass is 269 g/mol. The van der Waals surface area contributed by atoms with Gasteiger partial charge in [0.2, 0.25) is 0 Å². The van der Waals surface area contributed by atoms with Crippen molar-refractivity contribution in [2.24, 2.45) is 0 Å². The summed E-state index contributed by atoms with van der Waals surface area (Å²) < 4.78 is 13.2. The van der Waals surface area contributed by atoms with Gasteiger partial charge in [0.15, 0.2) is 0 Å². The Hall–Kier alpha value is -1.25. The van der Waals surface area contributed by atoms with Gasteiger partial charge in [0, 0.05) is 17.3 Å². The zero-order valence-electron chi connectivity index (χ0n) is 8.88. The summed E-state index contributed by atoms with van der Waals surface area (Å²) in [6.07, 6.45) is 0. The zero-order valence-corrected chi connectivity index (χ0v) is 10.4. The van der Waals surface area contributed by atoms with Crippen LogP contribution >= 0.6 is 23.2 Å². The number of rotatable bonds is 3. The van der Waals surface area contributed by atoms with Crippen molar-refractivity contribution in [3.63, 3.8) is 0 Å². The number of hydrogen-bond donors (Lipinski definition) is 1. The number of benzene rings is 2. The molecule has 0 saturated heterocycles. The summed E-state index contributed by atoms with van der Waals surface area (Å²) in [7, 11) is 0. The first kappa shape index (κ1) is 12.2. The van der Waals surface area contributed by atoms with E-state index in [1.807, 2.05) is 18.2 Å². The smallest absolute Gasteiger partial charge is 0.142 e. The van der Waals surface area contributed by atoms with Crippen LogP contribution in [0.15, 0.2) is 42.5 Å². The molecule has 4 heteroatoms. The summed E-state index contributed by atoms with van der Waals surface area (Å²) in [5.74, 6) is -0.405. The van der Waals surface area contributed by atoms with Crippen LogP contribution in [0.1, 0.15) is 5.56 Å². The lowest BCUT2D eigenvalue weighted by molar-refractivity contribution is 0.626. The standard InChI is InChI=1S/C13H10Cl2FN/c14-10-2-1-3-11(7-10)17-8-9-4-5-12(15)13(16)6-9/h1-7,17H,8H2. The molecule has 1 nitrogen and oxygen atoms in total. The van der Waals surface area contributed by atoms with Crippen LogP contribution in [0.2, 0.25) is 10.0 Å². The number of hydrogen-bond acceptors (Lipinski definition) is 1. The van der Waals surface area contributed by atoms with E-state index in [4.69, 9.17) is 23.2 Å². The van der Waals surface area contributed by atoms with E-state index in [0.29, 0.717) is 11.6 Å².